The molecule has 0 aliphatic carbocycles. The maximum atomic E-state index is 13.1. The number of hydrogen-bond acceptors (Lipinski definition) is 3. The third-order valence-corrected chi connectivity index (χ3v) is 2.74. The second-order valence-electron chi connectivity index (χ2n) is 4.36. The number of phenols is 1. The summed E-state index contributed by atoms with van der Waals surface area (Å²) in [6.45, 7) is 3.16. The molecular formula is C13H19FN2O2. The molecule has 1 aromatic carbocycles. The number of rotatable bonds is 5. The van der Waals surface area contributed by atoms with Crippen LogP contribution in [-0.4, -0.2) is 48.0 Å². The molecule has 1 rings (SSSR count). The molecule has 0 saturated carbocycles. The smallest absolute Gasteiger partial charge is 0.236 e. The van der Waals surface area contributed by atoms with E-state index in [0.717, 1.165) is 0 Å². The van der Waals surface area contributed by atoms with Gasteiger partial charge >= 0.3 is 0 Å². The fraction of sp³-hybridized carbons (Fsp3) is 0.462. The van der Waals surface area contributed by atoms with Gasteiger partial charge in [0.25, 0.3) is 0 Å². The van der Waals surface area contributed by atoms with Gasteiger partial charge in [0.1, 0.15) is 11.6 Å². The molecule has 0 aliphatic rings. The van der Waals surface area contributed by atoms with E-state index in [0.29, 0.717) is 18.7 Å². The fourth-order valence-corrected chi connectivity index (χ4v) is 1.53. The summed E-state index contributed by atoms with van der Waals surface area (Å²) >= 11 is 0. The maximum absolute atomic E-state index is 13.1. The molecule has 5 heteroatoms. The summed E-state index contributed by atoms with van der Waals surface area (Å²) in [6.07, 6.45) is 0. The first-order valence-electron chi connectivity index (χ1n) is 5.84. The number of benzene rings is 1. The Morgan fingerprint density at radius 3 is 2.61 bits per heavy atom. The fourth-order valence-electron chi connectivity index (χ4n) is 1.53. The number of carbonyl (C=O) groups is 1. The van der Waals surface area contributed by atoms with Crippen LogP contribution in [0, 0.1) is 5.82 Å². The van der Waals surface area contributed by atoms with Crippen LogP contribution in [0.2, 0.25) is 0 Å². The van der Waals surface area contributed by atoms with E-state index in [1.165, 1.54) is 23.1 Å². The van der Waals surface area contributed by atoms with Crippen molar-refractivity contribution < 1.29 is 14.3 Å². The molecule has 0 aromatic heterocycles. The van der Waals surface area contributed by atoms with Crippen molar-refractivity contribution in [2.45, 2.75) is 13.5 Å². The second kappa shape index (κ2) is 6.35. The Morgan fingerprint density at radius 1 is 1.39 bits per heavy atom. The minimum atomic E-state index is -0.391. The molecule has 0 aliphatic heterocycles. The van der Waals surface area contributed by atoms with Crippen molar-refractivity contribution in [3.63, 3.8) is 0 Å². The van der Waals surface area contributed by atoms with Gasteiger partial charge in [-0.1, -0.05) is 6.92 Å². The van der Waals surface area contributed by atoms with E-state index in [2.05, 4.69) is 0 Å². The van der Waals surface area contributed by atoms with Gasteiger partial charge in [0.05, 0.1) is 6.54 Å². The van der Waals surface area contributed by atoms with E-state index < -0.39 is 5.82 Å². The lowest BCUT2D eigenvalue weighted by Gasteiger charge is -2.22. The first-order chi connectivity index (χ1) is 8.43. The highest BCUT2D eigenvalue weighted by Gasteiger charge is 2.13. The van der Waals surface area contributed by atoms with Crippen molar-refractivity contribution in [3.8, 4) is 5.75 Å². The molecule has 0 spiro atoms. The summed E-state index contributed by atoms with van der Waals surface area (Å²) in [5.74, 6) is -0.363. The predicted molar refractivity (Wildman–Crippen MR) is 67.7 cm³/mol. The van der Waals surface area contributed by atoms with Gasteiger partial charge in [0.15, 0.2) is 0 Å². The summed E-state index contributed by atoms with van der Waals surface area (Å²) in [5, 5.41) is 9.63. The molecule has 1 aromatic rings. The summed E-state index contributed by atoms with van der Waals surface area (Å²) in [6, 6.07) is 3.82. The zero-order valence-corrected chi connectivity index (χ0v) is 11.0. The molecule has 0 atom stereocenters. The molecule has 0 saturated heterocycles. The highest BCUT2D eigenvalue weighted by Crippen LogP contribution is 2.19. The van der Waals surface area contributed by atoms with Crippen LogP contribution in [0.4, 0.5) is 4.39 Å². The third-order valence-electron chi connectivity index (χ3n) is 2.74. The Hall–Kier alpha value is -1.62. The number of halogens is 1. The van der Waals surface area contributed by atoms with Crippen LogP contribution in [0.3, 0.4) is 0 Å². The predicted octanol–water partition coefficient (Wildman–Crippen LogP) is 1.44. The summed E-state index contributed by atoms with van der Waals surface area (Å²) in [7, 11) is 3.38. The van der Waals surface area contributed by atoms with Crippen LogP contribution >= 0.6 is 0 Å². The monoisotopic (exact) mass is 254 g/mol. The van der Waals surface area contributed by atoms with Gasteiger partial charge < -0.3 is 10.0 Å². The molecule has 0 fully saturated rings. The molecule has 100 valence electrons. The molecular weight excluding hydrogens is 235 g/mol. The highest BCUT2D eigenvalue weighted by atomic mass is 19.1. The average Bonchev–Trinajstić information content (AvgIpc) is 2.32. The Balaban J connectivity index is 2.73. The molecule has 4 nitrogen and oxygen atoms in total. The van der Waals surface area contributed by atoms with Gasteiger partial charge in [-0.15, -0.1) is 0 Å². The number of carbonyl (C=O) groups excluding carboxylic acids is 1. The van der Waals surface area contributed by atoms with Crippen molar-refractivity contribution in [1.82, 2.24) is 9.80 Å². The largest absolute Gasteiger partial charge is 0.508 e. The van der Waals surface area contributed by atoms with Crippen molar-refractivity contribution in [1.29, 1.82) is 0 Å². The van der Waals surface area contributed by atoms with Crippen LogP contribution < -0.4 is 0 Å². The van der Waals surface area contributed by atoms with Crippen LogP contribution in [0.5, 0.6) is 5.75 Å². The number of nitrogens with zero attached hydrogens (tertiary/aromatic N) is 2. The van der Waals surface area contributed by atoms with Crippen molar-refractivity contribution >= 4 is 5.91 Å². The second-order valence-corrected chi connectivity index (χ2v) is 4.36. The van der Waals surface area contributed by atoms with Crippen LogP contribution in [0.15, 0.2) is 18.2 Å². The van der Waals surface area contributed by atoms with Crippen LogP contribution in [0.25, 0.3) is 0 Å². The number of phenolic OH excluding ortho intramolecular Hbond substituents is 1. The SMILES string of the molecule is CCN(CC(=O)N(C)C)Cc1cc(F)ccc1O. The zero-order chi connectivity index (χ0) is 13.7. The Labute approximate surface area is 107 Å². The third kappa shape index (κ3) is 4.00. The molecule has 0 unspecified atom stereocenters. The Morgan fingerprint density at radius 2 is 2.06 bits per heavy atom. The van der Waals surface area contributed by atoms with Crippen molar-refractivity contribution in [2.24, 2.45) is 0 Å². The maximum Gasteiger partial charge on any atom is 0.236 e. The standard InChI is InChI=1S/C13H19FN2O2/c1-4-16(9-13(18)15(2)3)8-10-7-11(14)5-6-12(10)17/h5-7,17H,4,8-9H2,1-3H3. The quantitative estimate of drug-likeness (QED) is 0.864. The van der Waals surface area contributed by atoms with Crippen molar-refractivity contribution in [2.75, 3.05) is 27.2 Å². The molecule has 0 radical (unpaired) electrons. The molecule has 1 N–H and O–H groups in total. The lowest BCUT2D eigenvalue weighted by molar-refractivity contribution is -0.130. The van der Waals surface area contributed by atoms with Crippen LogP contribution in [-0.2, 0) is 11.3 Å². The lowest BCUT2D eigenvalue weighted by Crippen LogP contribution is -2.36. The Kier molecular flexibility index (Phi) is 5.09. The zero-order valence-electron chi connectivity index (χ0n) is 11.0. The van der Waals surface area contributed by atoms with E-state index in [1.54, 1.807) is 14.1 Å². The van der Waals surface area contributed by atoms with Crippen molar-refractivity contribution in [3.05, 3.63) is 29.6 Å². The lowest BCUT2D eigenvalue weighted by atomic mass is 10.2. The van der Waals surface area contributed by atoms with Gasteiger partial charge in [-0.25, -0.2) is 4.39 Å². The first kappa shape index (κ1) is 14.4. The summed E-state index contributed by atoms with van der Waals surface area (Å²) in [5.41, 5.74) is 0.489. The van der Waals surface area contributed by atoms with E-state index in [9.17, 15) is 14.3 Å². The molecule has 0 heterocycles. The van der Waals surface area contributed by atoms with Gasteiger partial charge in [-0.2, -0.15) is 0 Å². The summed E-state index contributed by atoms with van der Waals surface area (Å²) in [4.78, 5) is 15.0. The minimum Gasteiger partial charge on any atom is -0.508 e. The number of amides is 1. The number of aromatic hydroxyl groups is 1. The summed E-state index contributed by atoms with van der Waals surface area (Å²) < 4.78 is 13.1. The molecule has 1 amide bonds. The Bertz CT molecular complexity index is 421. The van der Waals surface area contributed by atoms with E-state index in [-0.39, 0.29) is 18.2 Å². The normalized spacial score (nSPS) is 10.7. The van der Waals surface area contributed by atoms with Gasteiger partial charge in [0.2, 0.25) is 5.91 Å². The number of hydrogen-bond donors (Lipinski definition) is 1. The van der Waals surface area contributed by atoms with E-state index in [4.69, 9.17) is 0 Å². The van der Waals surface area contributed by atoms with Gasteiger partial charge in [-0.05, 0) is 24.7 Å². The molecule has 18 heavy (non-hydrogen) atoms. The minimum absolute atomic E-state index is 0.0206. The average molecular weight is 254 g/mol. The van der Waals surface area contributed by atoms with Crippen LogP contribution in [0.1, 0.15) is 12.5 Å². The first-order valence-corrected chi connectivity index (χ1v) is 5.84. The van der Waals surface area contributed by atoms with Gasteiger partial charge in [-0.3, -0.25) is 9.69 Å². The van der Waals surface area contributed by atoms with E-state index in [1.807, 2.05) is 11.8 Å². The highest BCUT2D eigenvalue weighted by molar-refractivity contribution is 5.77. The number of likely N-dealkylation sites (N-methyl/N-ethyl adjacent to an activating group) is 2. The molecule has 0 bridgehead atoms. The van der Waals surface area contributed by atoms with Gasteiger partial charge in [0, 0.05) is 26.2 Å². The topological polar surface area (TPSA) is 43.8 Å². The van der Waals surface area contributed by atoms with E-state index >= 15 is 0 Å².